The number of hydrogen-bond acceptors (Lipinski definition) is 4. The molecule has 0 saturated carbocycles. The van der Waals surface area contributed by atoms with E-state index in [0.717, 1.165) is 10.8 Å². The van der Waals surface area contributed by atoms with Crippen molar-refractivity contribution in [2.45, 2.75) is 64.4 Å². The average Bonchev–Trinajstić information content (AvgIpc) is 2.68. The first kappa shape index (κ1) is 25.2. The number of fused-ring (bicyclic) bond motifs is 1. The Labute approximate surface area is 184 Å². The summed E-state index contributed by atoms with van der Waals surface area (Å²) in [6, 6.07) is 10.4. The van der Waals surface area contributed by atoms with Crippen molar-refractivity contribution in [3.8, 4) is 0 Å². The molecule has 32 heavy (non-hydrogen) atoms. The summed E-state index contributed by atoms with van der Waals surface area (Å²) in [6.45, 7) is 6.34. The van der Waals surface area contributed by atoms with Gasteiger partial charge in [-0.3, -0.25) is 9.59 Å². The SMILES string of the molecule is CC[C@@H](NC(=O)C(=O)C(CC(F)(F)F)NC(=O)OC(C)(C)C)c1ccc2ccccc2c1. The van der Waals surface area contributed by atoms with Crippen molar-refractivity contribution in [2.75, 3.05) is 0 Å². The van der Waals surface area contributed by atoms with Gasteiger partial charge in [-0.2, -0.15) is 13.2 Å². The minimum atomic E-state index is -4.78. The standard InChI is InChI=1S/C23H27F3N2O4/c1-5-17(16-11-10-14-8-6-7-9-15(14)12-16)27-20(30)19(29)18(13-23(24,25)26)28-21(31)32-22(2,3)4/h6-12,17-18H,5,13H2,1-4H3,(H,27,30)(H,28,31)/t17-,18?/m1/s1. The molecule has 2 rings (SSSR count). The molecule has 2 aromatic carbocycles. The Bertz CT molecular complexity index is 983. The molecule has 0 fully saturated rings. The Kier molecular flexibility index (Phi) is 7.87. The van der Waals surface area contributed by atoms with Crippen LogP contribution in [0.3, 0.4) is 0 Å². The molecule has 174 valence electrons. The Morgan fingerprint density at radius 1 is 0.969 bits per heavy atom. The third-order valence-corrected chi connectivity index (χ3v) is 4.56. The largest absolute Gasteiger partial charge is 0.444 e. The number of halogens is 3. The van der Waals surface area contributed by atoms with Gasteiger partial charge in [-0.25, -0.2) is 4.79 Å². The van der Waals surface area contributed by atoms with Crippen molar-refractivity contribution >= 4 is 28.6 Å². The van der Waals surface area contributed by atoms with Crippen LogP contribution in [0.15, 0.2) is 42.5 Å². The zero-order chi connectivity index (χ0) is 24.1. The lowest BCUT2D eigenvalue weighted by molar-refractivity contribution is -0.152. The highest BCUT2D eigenvalue weighted by molar-refractivity contribution is 6.38. The fourth-order valence-electron chi connectivity index (χ4n) is 3.12. The first-order chi connectivity index (χ1) is 14.8. The van der Waals surface area contributed by atoms with Crippen LogP contribution in [-0.4, -0.2) is 35.6 Å². The number of carbonyl (C=O) groups is 3. The van der Waals surface area contributed by atoms with E-state index in [1.54, 1.807) is 13.0 Å². The van der Waals surface area contributed by atoms with Gasteiger partial charge in [0.1, 0.15) is 11.6 Å². The van der Waals surface area contributed by atoms with Gasteiger partial charge in [-0.05, 0) is 49.6 Å². The third-order valence-electron chi connectivity index (χ3n) is 4.56. The van der Waals surface area contributed by atoms with Crippen LogP contribution in [0.5, 0.6) is 0 Å². The van der Waals surface area contributed by atoms with E-state index in [-0.39, 0.29) is 0 Å². The molecule has 9 heteroatoms. The molecule has 0 aliphatic carbocycles. The number of rotatable bonds is 7. The highest BCUT2D eigenvalue weighted by atomic mass is 19.4. The van der Waals surface area contributed by atoms with E-state index in [1.807, 2.05) is 41.7 Å². The molecule has 0 aliphatic rings. The second-order valence-electron chi connectivity index (χ2n) is 8.42. The van der Waals surface area contributed by atoms with E-state index >= 15 is 0 Å². The van der Waals surface area contributed by atoms with E-state index < -0.39 is 48.1 Å². The average molecular weight is 452 g/mol. The van der Waals surface area contributed by atoms with Gasteiger partial charge in [0, 0.05) is 0 Å². The predicted molar refractivity (Wildman–Crippen MR) is 114 cm³/mol. The zero-order valence-corrected chi connectivity index (χ0v) is 18.4. The van der Waals surface area contributed by atoms with Gasteiger partial charge >= 0.3 is 12.3 Å². The lowest BCUT2D eigenvalue weighted by Gasteiger charge is -2.24. The molecular weight excluding hydrogens is 425 g/mol. The predicted octanol–water partition coefficient (Wildman–Crippen LogP) is 4.82. The Morgan fingerprint density at radius 2 is 1.59 bits per heavy atom. The molecule has 0 radical (unpaired) electrons. The van der Waals surface area contributed by atoms with Crippen LogP contribution in [0.1, 0.15) is 52.1 Å². The number of hydrogen-bond donors (Lipinski definition) is 2. The molecule has 0 aliphatic heterocycles. The monoisotopic (exact) mass is 452 g/mol. The van der Waals surface area contributed by atoms with Gasteiger partial charge in [0.25, 0.3) is 5.91 Å². The first-order valence-electron chi connectivity index (χ1n) is 10.2. The second-order valence-corrected chi connectivity index (χ2v) is 8.42. The van der Waals surface area contributed by atoms with Crippen molar-refractivity contribution in [1.82, 2.24) is 10.6 Å². The molecule has 6 nitrogen and oxygen atoms in total. The van der Waals surface area contributed by atoms with Crippen molar-refractivity contribution in [3.63, 3.8) is 0 Å². The zero-order valence-electron chi connectivity index (χ0n) is 18.4. The number of carbonyl (C=O) groups excluding carboxylic acids is 3. The number of ketones is 1. The quantitative estimate of drug-likeness (QED) is 0.590. The van der Waals surface area contributed by atoms with Crippen LogP contribution in [-0.2, 0) is 14.3 Å². The van der Waals surface area contributed by atoms with Gasteiger partial charge in [0.05, 0.1) is 12.5 Å². The molecule has 0 spiro atoms. The summed E-state index contributed by atoms with van der Waals surface area (Å²) < 4.78 is 43.9. The van der Waals surface area contributed by atoms with Crippen molar-refractivity contribution in [2.24, 2.45) is 0 Å². The molecule has 2 amide bonds. The highest BCUT2D eigenvalue weighted by Crippen LogP contribution is 2.24. The van der Waals surface area contributed by atoms with Crippen molar-refractivity contribution in [3.05, 3.63) is 48.0 Å². The molecule has 0 aromatic heterocycles. The Hall–Kier alpha value is -3.10. The molecule has 0 heterocycles. The van der Waals surface area contributed by atoms with Crippen LogP contribution >= 0.6 is 0 Å². The molecule has 2 atom stereocenters. The van der Waals surface area contributed by atoms with Gasteiger partial charge in [0.15, 0.2) is 0 Å². The lowest BCUT2D eigenvalue weighted by atomic mass is 9.99. The Morgan fingerprint density at radius 3 is 2.16 bits per heavy atom. The maximum atomic E-state index is 13.0. The van der Waals surface area contributed by atoms with E-state index in [2.05, 4.69) is 5.32 Å². The number of amides is 2. The third kappa shape index (κ3) is 7.55. The van der Waals surface area contributed by atoms with E-state index in [0.29, 0.717) is 12.0 Å². The lowest BCUT2D eigenvalue weighted by Crippen LogP contribution is -2.50. The van der Waals surface area contributed by atoms with E-state index in [1.165, 1.54) is 20.8 Å². The number of ether oxygens (including phenoxy) is 1. The van der Waals surface area contributed by atoms with Gasteiger partial charge in [-0.1, -0.05) is 43.3 Å². The highest BCUT2D eigenvalue weighted by Gasteiger charge is 2.39. The van der Waals surface area contributed by atoms with Crippen LogP contribution in [0.25, 0.3) is 10.8 Å². The second kappa shape index (κ2) is 10.0. The molecular formula is C23H27F3N2O4. The van der Waals surface area contributed by atoms with Crippen molar-refractivity contribution < 1.29 is 32.3 Å². The summed E-state index contributed by atoms with van der Waals surface area (Å²) in [5, 5.41) is 6.27. The number of Topliss-reactive ketones (excluding diaryl/α,β-unsaturated/α-hetero) is 1. The molecule has 2 aromatic rings. The van der Waals surface area contributed by atoms with E-state index in [9.17, 15) is 27.6 Å². The van der Waals surface area contributed by atoms with Crippen LogP contribution in [0.2, 0.25) is 0 Å². The molecule has 0 bridgehead atoms. The maximum absolute atomic E-state index is 13.0. The smallest absolute Gasteiger partial charge is 0.408 e. The first-order valence-corrected chi connectivity index (χ1v) is 10.2. The van der Waals surface area contributed by atoms with Crippen LogP contribution < -0.4 is 10.6 Å². The summed E-state index contributed by atoms with van der Waals surface area (Å²) in [6.07, 6.45) is -7.28. The summed E-state index contributed by atoms with van der Waals surface area (Å²) in [7, 11) is 0. The normalized spacial score (nSPS) is 13.8. The fraction of sp³-hybridized carbons (Fsp3) is 0.435. The van der Waals surface area contributed by atoms with Gasteiger partial charge in [-0.15, -0.1) is 0 Å². The van der Waals surface area contributed by atoms with E-state index in [4.69, 9.17) is 4.74 Å². The number of benzene rings is 2. The minimum Gasteiger partial charge on any atom is -0.444 e. The summed E-state index contributed by atoms with van der Waals surface area (Å²) in [5.41, 5.74) is -0.276. The van der Waals surface area contributed by atoms with Crippen LogP contribution in [0, 0.1) is 0 Å². The van der Waals surface area contributed by atoms with Gasteiger partial charge in [0.2, 0.25) is 5.78 Å². The summed E-state index contributed by atoms with van der Waals surface area (Å²) in [5.74, 6) is -2.61. The molecule has 0 saturated heterocycles. The number of alkyl carbamates (subject to hydrolysis) is 1. The summed E-state index contributed by atoms with van der Waals surface area (Å²) in [4.78, 5) is 37.0. The summed E-state index contributed by atoms with van der Waals surface area (Å²) >= 11 is 0. The fourth-order valence-corrected chi connectivity index (χ4v) is 3.12. The Balaban J connectivity index is 2.18. The maximum Gasteiger partial charge on any atom is 0.408 e. The number of alkyl halides is 3. The van der Waals surface area contributed by atoms with Crippen molar-refractivity contribution in [1.29, 1.82) is 0 Å². The topological polar surface area (TPSA) is 84.5 Å². The number of nitrogens with one attached hydrogen (secondary N) is 2. The molecule has 1 unspecified atom stereocenters. The van der Waals surface area contributed by atoms with Gasteiger partial charge < -0.3 is 15.4 Å². The van der Waals surface area contributed by atoms with Crippen LogP contribution in [0.4, 0.5) is 18.0 Å². The minimum absolute atomic E-state index is 0.404. The molecule has 2 N–H and O–H groups in total.